The summed E-state index contributed by atoms with van der Waals surface area (Å²) in [5, 5.41) is -0.728. The van der Waals surface area contributed by atoms with E-state index in [1.54, 1.807) is 0 Å². The van der Waals surface area contributed by atoms with Crippen LogP contribution in [0, 0.1) is 0 Å². The summed E-state index contributed by atoms with van der Waals surface area (Å²) in [4.78, 5) is 17.7. The van der Waals surface area contributed by atoms with E-state index in [1.807, 2.05) is 0 Å². The lowest BCUT2D eigenvalue weighted by Gasteiger charge is -2.11. The van der Waals surface area contributed by atoms with Crippen molar-refractivity contribution in [2.75, 3.05) is 4.72 Å². The first-order chi connectivity index (χ1) is 7.63. The van der Waals surface area contributed by atoms with E-state index in [-0.39, 0.29) is 11.0 Å². The lowest BCUT2D eigenvalue weighted by atomic mass is 10.3. The molecule has 0 spiro atoms. The number of rotatable bonds is 4. The van der Waals surface area contributed by atoms with Crippen molar-refractivity contribution in [3.05, 3.63) is 24.3 Å². The molecule has 0 unspecified atom stereocenters. The highest BCUT2D eigenvalue weighted by Crippen LogP contribution is 2.33. The molecule has 0 atom stereocenters. The molecule has 1 aromatic carbocycles. The Morgan fingerprint density at radius 1 is 1.18 bits per heavy atom. The molecule has 0 amide bonds. The molecule has 6 nitrogen and oxygen atoms in total. The van der Waals surface area contributed by atoms with Gasteiger partial charge in [-0.15, -0.1) is 0 Å². The standard InChI is InChI=1S/C9H14NO5PS/c1-7(2)17(14,15)10-8-3-5-9(6-4-8)16(11,12)13/h3-7,10H,1-2H3,(H2,11,12,13). The zero-order valence-electron chi connectivity index (χ0n) is 9.36. The fraction of sp³-hybridized carbons (Fsp3) is 0.333. The molecule has 1 rings (SSSR count). The van der Waals surface area contributed by atoms with E-state index in [1.165, 1.54) is 38.1 Å². The van der Waals surface area contributed by atoms with Crippen LogP contribution in [0.2, 0.25) is 0 Å². The van der Waals surface area contributed by atoms with Gasteiger partial charge in [0.1, 0.15) is 0 Å². The quantitative estimate of drug-likeness (QED) is 0.702. The van der Waals surface area contributed by atoms with Gasteiger partial charge in [0, 0.05) is 5.69 Å². The van der Waals surface area contributed by atoms with Crippen molar-refractivity contribution in [3.63, 3.8) is 0 Å². The van der Waals surface area contributed by atoms with Gasteiger partial charge in [0.05, 0.1) is 10.6 Å². The number of nitrogens with one attached hydrogen (secondary N) is 1. The maximum atomic E-state index is 11.5. The van der Waals surface area contributed by atoms with Crippen molar-refractivity contribution in [1.29, 1.82) is 0 Å². The van der Waals surface area contributed by atoms with Crippen molar-refractivity contribution < 1.29 is 22.8 Å². The summed E-state index contributed by atoms with van der Waals surface area (Å²) in [6.07, 6.45) is 0. The van der Waals surface area contributed by atoms with Crippen LogP contribution in [0.15, 0.2) is 24.3 Å². The Morgan fingerprint density at radius 2 is 1.65 bits per heavy atom. The smallest absolute Gasteiger partial charge is 0.321 e. The van der Waals surface area contributed by atoms with Crippen LogP contribution < -0.4 is 10.0 Å². The first-order valence-electron chi connectivity index (χ1n) is 4.81. The van der Waals surface area contributed by atoms with E-state index in [2.05, 4.69) is 4.72 Å². The highest BCUT2D eigenvalue weighted by atomic mass is 32.2. The molecular weight excluding hydrogens is 265 g/mol. The van der Waals surface area contributed by atoms with E-state index in [4.69, 9.17) is 9.79 Å². The average molecular weight is 279 g/mol. The first kappa shape index (κ1) is 14.2. The number of sulfonamides is 1. The van der Waals surface area contributed by atoms with Crippen LogP contribution in [-0.4, -0.2) is 23.5 Å². The van der Waals surface area contributed by atoms with Crippen molar-refractivity contribution in [3.8, 4) is 0 Å². The second kappa shape index (κ2) is 4.78. The molecule has 17 heavy (non-hydrogen) atoms. The van der Waals surface area contributed by atoms with Gasteiger partial charge in [0.15, 0.2) is 0 Å². The molecule has 0 fully saturated rings. The van der Waals surface area contributed by atoms with Gasteiger partial charge in [-0.05, 0) is 38.1 Å². The second-order valence-corrected chi connectivity index (χ2v) is 7.63. The molecule has 0 bridgehead atoms. The topological polar surface area (TPSA) is 104 Å². The largest absolute Gasteiger partial charge is 0.356 e. The molecule has 0 saturated heterocycles. The van der Waals surface area contributed by atoms with Crippen molar-refractivity contribution in [2.45, 2.75) is 19.1 Å². The predicted molar refractivity (Wildman–Crippen MR) is 65.8 cm³/mol. The van der Waals surface area contributed by atoms with Crippen LogP contribution in [0.25, 0.3) is 0 Å². The molecule has 0 saturated carbocycles. The molecule has 1 aromatic rings. The summed E-state index contributed by atoms with van der Waals surface area (Å²) in [5.41, 5.74) is 0.274. The molecule has 0 aliphatic heterocycles. The van der Waals surface area contributed by atoms with Crippen molar-refractivity contribution >= 4 is 28.6 Å². The molecule has 8 heteroatoms. The van der Waals surface area contributed by atoms with E-state index >= 15 is 0 Å². The van der Waals surface area contributed by atoms with Crippen LogP contribution in [0.3, 0.4) is 0 Å². The maximum absolute atomic E-state index is 11.5. The molecule has 0 aliphatic rings. The van der Waals surface area contributed by atoms with Crippen LogP contribution in [0.1, 0.15) is 13.8 Å². The SMILES string of the molecule is CC(C)S(=O)(=O)Nc1ccc(P(=O)(O)O)cc1. The summed E-state index contributed by atoms with van der Waals surface area (Å²) in [7, 11) is -7.73. The third-order valence-electron chi connectivity index (χ3n) is 2.08. The van der Waals surface area contributed by atoms with Crippen LogP contribution in [0.4, 0.5) is 5.69 Å². The average Bonchev–Trinajstić information content (AvgIpc) is 2.16. The number of anilines is 1. The maximum Gasteiger partial charge on any atom is 0.356 e. The lowest BCUT2D eigenvalue weighted by molar-refractivity contribution is 0.387. The Hall–Kier alpha value is -0.880. The summed E-state index contributed by atoms with van der Waals surface area (Å²) >= 11 is 0. The fourth-order valence-electron chi connectivity index (χ4n) is 1.01. The normalized spacial score (nSPS) is 12.8. The number of hydrogen-bond acceptors (Lipinski definition) is 3. The predicted octanol–water partition coefficient (Wildman–Crippen LogP) is 0.640. The first-order valence-corrected chi connectivity index (χ1v) is 7.96. The van der Waals surface area contributed by atoms with Gasteiger partial charge >= 0.3 is 7.60 Å². The Kier molecular flexibility index (Phi) is 3.99. The van der Waals surface area contributed by atoms with Gasteiger partial charge in [-0.2, -0.15) is 0 Å². The second-order valence-electron chi connectivity index (χ2n) is 3.79. The Morgan fingerprint density at radius 3 is 2.00 bits per heavy atom. The summed E-state index contributed by atoms with van der Waals surface area (Å²) in [6, 6.07) is 5.01. The Balaban J connectivity index is 2.94. The Labute approximate surface area is 99.9 Å². The van der Waals surface area contributed by atoms with Gasteiger partial charge in [-0.3, -0.25) is 9.29 Å². The van der Waals surface area contributed by atoms with E-state index < -0.39 is 22.9 Å². The third-order valence-corrected chi connectivity index (χ3v) is 4.82. The fourth-order valence-corrected chi connectivity index (χ4v) is 2.24. The zero-order chi connectivity index (χ0) is 13.3. The zero-order valence-corrected chi connectivity index (χ0v) is 11.1. The number of benzene rings is 1. The van der Waals surface area contributed by atoms with Gasteiger partial charge in [-0.1, -0.05) is 0 Å². The summed E-state index contributed by atoms with van der Waals surface area (Å²) < 4.78 is 36.2. The van der Waals surface area contributed by atoms with E-state index in [9.17, 15) is 13.0 Å². The highest BCUT2D eigenvalue weighted by molar-refractivity contribution is 7.93. The molecule has 96 valence electrons. The van der Waals surface area contributed by atoms with Gasteiger partial charge in [0.2, 0.25) is 10.0 Å². The minimum absolute atomic E-state index is 0.148. The molecule has 3 N–H and O–H groups in total. The Bertz CT molecular complexity index is 531. The minimum Gasteiger partial charge on any atom is -0.321 e. The minimum atomic E-state index is -4.29. The third kappa shape index (κ3) is 3.81. The van der Waals surface area contributed by atoms with E-state index in [0.29, 0.717) is 0 Å². The van der Waals surface area contributed by atoms with Gasteiger partial charge in [0.25, 0.3) is 0 Å². The highest BCUT2D eigenvalue weighted by Gasteiger charge is 2.18. The molecule has 0 aromatic heterocycles. The molecule has 0 aliphatic carbocycles. The van der Waals surface area contributed by atoms with E-state index in [0.717, 1.165) is 0 Å². The van der Waals surface area contributed by atoms with Crippen molar-refractivity contribution in [1.82, 2.24) is 0 Å². The monoisotopic (exact) mass is 279 g/mol. The molecule has 0 radical (unpaired) electrons. The molecular formula is C9H14NO5PS. The van der Waals surface area contributed by atoms with Crippen molar-refractivity contribution in [2.24, 2.45) is 0 Å². The molecule has 0 heterocycles. The van der Waals surface area contributed by atoms with Crippen LogP contribution in [0.5, 0.6) is 0 Å². The van der Waals surface area contributed by atoms with Crippen LogP contribution in [-0.2, 0) is 14.6 Å². The van der Waals surface area contributed by atoms with Gasteiger partial charge < -0.3 is 9.79 Å². The van der Waals surface area contributed by atoms with Gasteiger partial charge in [-0.25, -0.2) is 8.42 Å². The van der Waals surface area contributed by atoms with Crippen LogP contribution >= 0.6 is 7.60 Å². The summed E-state index contributed by atoms with van der Waals surface area (Å²) in [6.45, 7) is 3.07. The number of hydrogen-bond donors (Lipinski definition) is 3. The summed E-state index contributed by atoms with van der Waals surface area (Å²) in [5.74, 6) is 0. The lowest BCUT2D eigenvalue weighted by Crippen LogP contribution is -2.22.